The van der Waals surface area contributed by atoms with Crippen molar-refractivity contribution in [3.8, 4) is 11.5 Å². The van der Waals surface area contributed by atoms with Gasteiger partial charge in [-0.05, 0) is 30.7 Å². The zero-order chi connectivity index (χ0) is 13.8. The SMILES string of the molecule is COCOc1cc(C(=O)OC)cc2c1C(C)=CCO2. The van der Waals surface area contributed by atoms with Gasteiger partial charge in [-0.2, -0.15) is 0 Å². The van der Waals surface area contributed by atoms with Gasteiger partial charge >= 0.3 is 5.97 Å². The number of methoxy groups -OCH3 is 2. The van der Waals surface area contributed by atoms with Crippen LogP contribution in [0.4, 0.5) is 0 Å². The quantitative estimate of drug-likeness (QED) is 0.616. The summed E-state index contributed by atoms with van der Waals surface area (Å²) in [6.07, 6.45) is 1.96. The minimum absolute atomic E-state index is 0.102. The van der Waals surface area contributed by atoms with Crippen LogP contribution in [-0.4, -0.2) is 33.6 Å². The number of rotatable bonds is 4. The van der Waals surface area contributed by atoms with E-state index in [0.29, 0.717) is 23.7 Å². The number of hydrogen-bond donors (Lipinski definition) is 0. The lowest BCUT2D eigenvalue weighted by Crippen LogP contribution is -2.10. The fourth-order valence-electron chi connectivity index (χ4n) is 1.92. The molecule has 0 saturated carbocycles. The largest absolute Gasteiger partial charge is 0.489 e. The van der Waals surface area contributed by atoms with Gasteiger partial charge in [0.15, 0.2) is 6.79 Å². The molecule has 19 heavy (non-hydrogen) atoms. The van der Waals surface area contributed by atoms with Gasteiger partial charge in [-0.1, -0.05) is 0 Å². The highest BCUT2D eigenvalue weighted by Gasteiger charge is 2.20. The average molecular weight is 264 g/mol. The van der Waals surface area contributed by atoms with Gasteiger partial charge in [-0.15, -0.1) is 0 Å². The van der Waals surface area contributed by atoms with Crippen LogP contribution in [0.1, 0.15) is 22.8 Å². The fraction of sp³-hybridized carbons (Fsp3) is 0.357. The Labute approximate surface area is 111 Å². The Morgan fingerprint density at radius 3 is 2.84 bits per heavy atom. The van der Waals surface area contributed by atoms with E-state index in [1.807, 2.05) is 13.0 Å². The molecule has 0 fully saturated rings. The first-order valence-corrected chi connectivity index (χ1v) is 5.85. The maximum absolute atomic E-state index is 11.6. The molecule has 5 nitrogen and oxygen atoms in total. The molecule has 1 aliphatic rings. The van der Waals surface area contributed by atoms with Crippen LogP contribution in [0.2, 0.25) is 0 Å². The van der Waals surface area contributed by atoms with Crippen LogP contribution in [0.5, 0.6) is 11.5 Å². The maximum atomic E-state index is 11.6. The molecule has 0 aromatic heterocycles. The molecule has 2 rings (SSSR count). The lowest BCUT2D eigenvalue weighted by atomic mass is 10.0. The van der Waals surface area contributed by atoms with Crippen molar-refractivity contribution in [2.24, 2.45) is 0 Å². The molecule has 1 aromatic carbocycles. The summed E-state index contributed by atoms with van der Waals surface area (Å²) in [5, 5.41) is 0. The lowest BCUT2D eigenvalue weighted by Gasteiger charge is -2.20. The van der Waals surface area contributed by atoms with E-state index in [4.69, 9.17) is 18.9 Å². The van der Waals surface area contributed by atoms with Crippen LogP contribution < -0.4 is 9.47 Å². The van der Waals surface area contributed by atoms with Crippen LogP contribution in [0.25, 0.3) is 5.57 Å². The third-order valence-corrected chi connectivity index (χ3v) is 2.84. The molecule has 1 aromatic rings. The number of esters is 1. The number of ether oxygens (including phenoxy) is 4. The number of allylic oxidation sites excluding steroid dienone is 1. The van der Waals surface area contributed by atoms with Crippen molar-refractivity contribution in [3.05, 3.63) is 29.3 Å². The first-order valence-electron chi connectivity index (χ1n) is 5.85. The molecule has 0 bridgehead atoms. The number of carbonyl (C=O) groups is 1. The van der Waals surface area contributed by atoms with E-state index in [2.05, 4.69) is 0 Å². The third kappa shape index (κ3) is 2.71. The normalized spacial score (nSPS) is 13.1. The van der Waals surface area contributed by atoms with Gasteiger partial charge in [-0.25, -0.2) is 4.79 Å². The lowest BCUT2D eigenvalue weighted by molar-refractivity contribution is 0.0499. The van der Waals surface area contributed by atoms with Crippen LogP contribution in [0, 0.1) is 0 Å². The van der Waals surface area contributed by atoms with Gasteiger partial charge < -0.3 is 18.9 Å². The second kappa shape index (κ2) is 5.75. The fourth-order valence-corrected chi connectivity index (χ4v) is 1.92. The number of fused-ring (bicyclic) bond motifs is 1. The summed E-state index contributed by atoms with van der Waals surface area (Å²) in [7, 11) is 2.87. The standard InChI is InChI=1S/C14H16O5/c1-9-4-5-18-11-6-10(14(15)17-3)7-12(13(9)11)19-8-16-2/h4,6-7H,5,8H2,1-3H3. The zero-order valence-electron chi connectivity index (χ0n) is 11.2. The topological polar surface area (TPSA) is 54.0 Å². The first-order chi connectivity index (χ1) is 9.17. The smallest absolute Gasteiger partial charge is 0.338 e. The van der Waals surface area contributed by atoms with Gasteiger partial charge in [0.05, 0.1) is 18.2 Å². The molecule has 0 N–H and O–H groups in total. The van der Waals surface area contributed by atoms with Crippen LogP contribution >= 0.6 is 0 Å². The highest BCUT2D eigenvalue weighted by atomic mass is 16.7. The Balaban J connectivity index is 2.49. The third-order valence-electron chi connectivity index (χ3n) is 2.84. The van der Waals surface area contributed by atoms with E-state index in [1.165, 1.54) is 14.2 Å². The highest BCUT2D eigenvalue weighted by Crippen LogP contribution is 2.38. The van der Waals surface area contributed by atoms with E-state index in [-0.39, 0.29) is 6.79 Å². The molecule has 5 heteroatoms. The summed E-state index contributed by atoms with van der Waals surface area (Å²) in [6.45, 7) is 2.55. The van der Waals surface area contributed by atoms with Crippen molar-refractivity contribution < 1.29 is 23.7 Å². The Morgan fingerprint density at radius 1 is 1.37 bits per heavy atom. The minimum atomic E-state index is -0.430. The van der Waals surface area contributed by atoms with Crippen molar-refractivity contribution >= 4 is 11.5 Å². The van der Waals surface area contributed by atoms with Gasteiger partial charge in [0.1, 0.15) is 18.1 Å². The van der Waals surface area contributed by atoms with E-state index < -0.39 is 5.97 Å². The molecule has 0 saturated heterocycles. The summed E-state index contributed by atoms with van der Waals surface area (Å²) in [6, 6.07) is 3.30. The molecule has 102 valence electrons. The Hall–Kier alpha value is -2.01. The van der Waals surface area contributed by atoms with Crippen LogP contribution in [0.3, 0.4) is 0 Å². The molecule has 0 amide bonds. The molecular formula is C14H16O5. The van der Waals surface area contributed by atoms with Crippen LogP contribution in [-0.2, 0) is 9.47 Å². The Bertz CT molecular complexity index is 519. The van der Waals surface area contributed by atoms with Crippen molar-refractivity contribution in [1.82, 2.24) is 0 Å². The Morgan fingerprint density at radius 2 is 2.16 bits per heavy atom. The summed E-state index contributed by atoms with van der Waals surface area (Å²) < 4.78 is 20.7. The van der Waals surface area contributed by atoms with E-state index in [0.717, 1.165) is 11.1 Å². The molecule has 0 spiro atoms. The summed E-state index contributed by atoms with van der Waals surface area (Å²) in [4.78, 5) is 11.6. The molecule has 0 unspecified atom stereocenters. The second-order valence-electron chi connectivity index (χ2n) is 4.09. The van der Waals surface area contributed by atoms with Crippen molar-refractivity contribution in [1.29, 1.82) is 0 Å². The summed E-state index contributed by atoms with van der Waals surface area (Å²) in [5.41, 5.74) is 2.28. The molecule has 1 heterocycles. The van der Waals surface area contributed by atoms with Gasteiger partial charge in [0.2, 0.25) is 0 Å². The molecule has 1 aliphatic heterocycles. The number of hydrogen-bond acceptors (Lipinski definition) is 5. The van der Waals surface area contributed by atoms with Crippen LogP contribution in [0.15, 0.2) is 18.2 Å². The van der Waals surface area contributed by atoms with E-state index in [1.54, 1.807) is 12.1 Å². The van der Waals surface area contributed by atoms with Crippen molar-refractivity contribution in [2.45, 2.75) is 6.92 Å². The maximum Gasteiger partial charge on any atom is 0.338 e. The van der Waals surface area contributed by atoms with Crippen molar-refractivity contribution in [2.75, 3.05) is 27.6 Å². The summed E-state index contributed by atoms with van der Waals surface area (Å²) in [5.74, 6) is 0.739. The minimum Gasteiger partial charge on any atom is -0.489 e. The number of carbonyl (C=O) groups excluding carboxylic acids is 1. The molecular weight excluding hydrogens is 248 g/mol. The summed E-state index contributed by atoms with van der Waals surface area (Å²) >= 11 is 0. The molecule has 0 aliphatic carbocycles. The van der Waals surface area contributed by atoms with Gasteiger partial charge in [-0.3, -0.25) is 0 Å². The number of benzene rings is 1. The highest BCUT2D eigenvalue weighted by molar-refractivity contribution is 5.92. The van der Waals surface area contributed by atoms with Gasteiger partial charge in [0, 0.05) is 7.11 Å². The molecule has 0 atom stereocenters. The zero-order valence-corrected chi connectivity index (χ0v) is 11.2. The monoisotopic (exact) mass is 264 g/mol. The first kappa shape index (κ1) is 13.4. The second-order valence-corrected chi connectivity index (χ2v) is 4.09. The Kier molecular flexibility index (Phi) is 4.06. The molecule has 0 radical (unpaired) electrons. The average Bonchev–Trinajstić information content (AvgIpc) is 2.43. The van der Waals surface area contributed by atoms with Gasteiger partial charge in [0.25, 0.3) is 0 Å². The predicted molar refractivity (Wildman–Crippen MR) is 69.4 cm³/mol. The van der Waals surface area contributed by atoms with E-state index in [9.17, 15) is 4.79 Å². The van der Waals surface area contributed by atoms with Crippen molar-refractivity contribution in [3.63, 3.8) is 0 Å². The predicted octanol–water partition coefficient (Wildman–Crippen LogP) is 2.25. The van der Waals surface area contributed by atoms with E-state index >= 15 is 0 Å².